The Morgan fingerprint density at radius 1 is 1.21 bits per heavy atom. The smallest absolute Gasteiger partial charge is 0.223 e. The van der Waals surface area contributed by atoms with Gasteiger partial charge < -0.3 is 14.8 Å². The number of fused-ring (bicyclic) bond motifs is 1. The third-order valence-corrected chi connectivity index (χ3v) is 5.85. The molecule has 3 rings (SSSR count). The lowest BCUT2D eigenvalue weighted by molar-refractivity contribution is -0.126. The van der Waals surface area contributed by atoms with E-state index in [1.807, 2.05) is 14.1 Å². The fraction of sp³-hybridized carbons (Fsp3) is 0.571. The normalized spacial score (nSPS) is 16.5. The summed E-state index contributed by atoms with van der Waals surface area (Å²) in [5, 5.41) is 4.42. The second-order valence-corrected chi connectivity index (χ2v) is 7.86. The number of benzene rings is 1. The summed E-state index contributed by atoms with van der Waals surface area (Å²) >= 11 is 0. The van der Waals surface area contributed by atoms with Crippen molar-refractivity contribution in [2.75, 3.05) is 33.7 Å². The monoisotopic (exact) mass is 428 g/mol. The van der Waals surface area contributed by atoms with Crippen LogP contribution < -0.4 is 5.32 Å². The van der Waals surface area contributed by atoms with Crippen molar-refractivity contribution >= 4 is 41.6 Å². The molecule has 1 saturated heterocycles. The number of likely N-dealkylation sites (N-methyl/N-ethyl adjacent to an activating group) is 1. The number of nitrogens with zero attached hydrogens (tertiary/aromatic N) is 3. The van der Waals surface area contributed by atoms with Gasteiger partial charge in [-0.05, 0) is 64.5 Å². The van der Waals surface area contributed by atoms with Crippen LogP contribution in [0.1, 0.15) is 25.5 Å². The predicted molar refractivity (Wildman–Crippen MR) is 122 cm³/mol. The van der Waals surface area contributed by atoms with Crippen LogP contribution in [0, 0.1) is 5.92 Å². The van der Waals surface area contributed by atoms with E-state index < -0.39 is 0 Å². The fourth-order valence-electron chi connectivity index (χ4n) is 3.66. The van der Waals surface area contributed by atoms with Crippen LogP contribution in [0.3, 0.4) is 0 Å². The molecule has 1 aliphatic rings. The summed E-state index contributed by atoms with van der Waals surface area (Å²) < 4.78 is 2.29. The van der Waals surface area contributed by atoms with Crippen LogP contribution in [0.25, 0.3) is 10.9 Å². The van der Waals surface area contributed by atoms with Crippen molar-refractivity contribution in [3.05, 3.63) is 36.0 Å². The lowest BCUT2D eigenvalue weighted by Gasteiger charge is -2.31. The van der Waals surface area contributed by atoms with E-state index in [2.05, 4.69) is 64.0 Å². The molecule has 7 heteroatoms. The molecule has 1 aromatic heterocycles. The minimum atomic E-state index is 0. The van der Waals surface area contributed by atoms with Crippen LogP contribution >= 0.6 is 24.8 Å². The van der Waals surface area contributed by atoms with Crippen LogP contribution in [-0.2, 0) is 18.4 Å². The molecule has 1 amide bonds. The molecule has 0 bridgehead atoms. The van der Waals surface area contributed by atoms with Crippen LogP contribution in [0.2, 0.25) is 0 Å². The summed E-state index contributed by atoms with van der Waals surface area (Å²) in [6.07, 6.45) is 1.90. The minimum Gasteiger partial charge on any atom is -0.354 e. The van der Waals surface area contributed by atoms with E-state index in [1.165, 1.54) is 16.6 Å². The number of para-hydroxylation sites is 1. The van der Waals surface area contributed by atoms with E-state index in [-0.39, 0.29) is 36.6 Å². The number of nitrogens with one attached hydrogen (secondary N) is 1. The lowest BCUT2D eigenvalue weighted by Crippen LogP contribution is -2.44. The van der Waals surface area contributed by atoms with Gasteiger partial charge in [-0.3, -0.25) is 9.69 Å². The molecular formula is C21H34Cl2N4O. The number of aryl methyl sites for hydroxylation is 1. The largest absolute Gasteiger partial charge is 0.354 e. The molecule has 1 fully saturated rings. The van der Waals surface area contributed by atoms with E-state index in [1.54, 1.807) is 0 Å². The second kappa shape index (κ2) is 11.1. The molecule has 1 unspecified atom stereocenters. The van der Waals surface area contributed by atoms with Gasteiger partial charge in [0.25, 0.3) is 0 Å². The van der Waals surface area contributed by atoms with Gasteiger partial charge in [0.1, 0.15) is 0 Å². The van der Waals surface area contributed by atoms with E-state index in [4.69, 9.17) is 0 Å². The number of hydrogen-bond donors (Lipinski definition) is 1. The molecule has 1 aliphatic heterocycles. The number of halogens is 2. The Morgan fingerprint density at radius 3 is 2.46 bits per heavy atom. The third kappa shape index (κ3) is 5.86. The quantitative estimate of drug-likeness (QED) is 0.766. The number of carbonyl (C=O) groups excluding carboxylic acids is 1. The highest BCUT2D eigenvalue weighted by Gasteiger charge is 2.25. The maximum Gasteiger partial charge on any atom is 0.223 e. The van der Waals surface area contributed by atoms with Gasteiger partial charge >= 0.3 is 0 Å². The Labute approximate surface area is 181 Å². The molecule has 2 heterocycles. The van der Waals surface area contributed by atoms with Crippen LogP contribution in [0.4, 0.5) is 0 Å². The number of carbonyl (C=O) groups is 1. The maximum atomic E-state index is 12.4. The maximum absolute atomic E-state index is 12.4. The number of aromatic nitrogens is 1. The van der Waals surface area contributed by atoms with E-state index in [0.29, 0.717) is 6.04 Å². The lowest BCUT2D eigenvalue weighted by atomic mass is 9.95. The molecule has 2 aromatic rings. The van der Waals surface area contributed by atoms with E-state index >= 15 is 0 Å². The number of hydrogen-bond acceptors (Lipinski definition) is 3. The SMILES string of the molecule is CC(CNC(=O)C1CCN(Cc2cc3ccccc3n2C)CC1)N(C)C.Cl.Cl. The molecule has 0 spiro atoms. The fourth-order valence-corrected chi connectivity index (χ4v) is 3.66. The first kappa shape index (κ1) is 24.8. The van der Waals surface area contributed by atoms with Crippen molar-refractivity contribution < 1.29 is 4.79 Å². The zero-order valence-corrected chi connectivity index (χ0v) is 19.0. The van der Waals surface area contributed by atoms with Gasteiger partial charge in [0, 0.05) is 43.3 Å². The highest BCUT2D eigenvalue weighted by atomic mass is 35.5. The van der Waals surface area contributed by atoms with Crippen LogP contribution in [0.5, 0.6) is 0 Å². The Balaban J connectivity index is 0.00000196. The second-order valence-electron chi connectivity index (χ2n) is 7.86. The van der Waals surface area contributed by atoms with Crippen molar-refractivity contribution in [2.45, 2.75) is 32.4 Å². The Bertz CT molecular complexity index is 754. The molecule has 5 nitrogen and oxygen atoms in total. The highest BCUT2D eigenvalue weighted by molar-refractivity contribution is 5.85. The third-order valence-electron chi connectivity index (χ3n) is 5.85. The van der Waals surface area contributed by atoms with Crippen molar-refractivity contribution in [3.63, 3.8) is 0 Å². The molecule has 0 aliphatic carbocycles. The summed E-state index contributed by atoms with van der Waals surface area (Å²) in [4.78, 5) is 17.0. The molecular weight excluding hydrogens is 395 g/mol. The number of piperidine rings is 1. The molecule has 28 heavy (non-hydrogen) atoms. The topological polar surface area (TPSA) is 40.5 Å². The molecule has 1 aromatic carbocycles. The average molecular weight is 429 g/mol. The summed E-state index contributed by atoms with van der Waals surface area (Å²) in [5.41, 5.74) is 2.63. The first-order chi connectivity index (χ1) is 12.5. The van der Waals surface area contributed by atoms with Crippen molar-refractivity contribution in [3.8, 4) is 0 Å². The summed E-state index contributed by atoms with van der Waals surface area (Å²) in [6, 6.07) is 11.2. The zero-order valence-electron chi connectivity index (χ0n) is 17.4. The molecule has 0 saturated carbocycles. The number of rotatable bonds is 6. The number of amides is 1. The zero-order chi connectivity index (χ0) is 18.7. The molecule has 1 N–H and O–H groups in total. The summed E-state index contributed by atoms with van der Waals surface area (Å²) in [5.74, 6) is 0.385. The van der Waals surface area contributed by atoms with Gasteiger partial charge in [-0.1, -0.05) is 18.2 Å². The van der Waals surface area contributed by atoms with Gasteiger partial charge in [0.05, 0.1) is 0 Å². The van der Waals surface area contributed by atoms with Gasteiger partial charge in [-0.25, -0.2) is 0 Å². The first-order valence-corrected chi connectivity index (χ1v) is 9.65. The van der Waals surface area contributed by atoms with Crippen LogP contribution in [-0.4, -0.2) is 60.0 Å². The summed E-state index contributed by atoms with van der Waals surface area (Å²) in [7, 11) is 6.23. The van der Waals surface area contributed by atoms with E-state index in [9.17, 15) is 4.79 Å². The summed E-state index contributed by atoms with van der Waals surface area (Å²) in [6.45, 7) is 5.79. The van der Waals surface area contributed by atoms with Crippen molar-refractivity contribution in [1.29, 1.82) is 0 Å². The van der Waals surface area contributed by atoms with Gasteiger partial charge in [-0.15, -0.1) is 24.8 Å². The van der Waals surface area contributed by atoms with Crippen molar-refractivity contribution in [1.82, 2.24) is 19.7 Å². The van der Waals surface area contributed by atoms with Gasteiger partial charge in [0.2, 0.25) is 5.91 Å². The Morgan fingerprint density at radius 2 is 1.86 bits per heavy atom. The van der Waals surface area contributed by atoms with Gasteiger partial charge in [0.15, 0.2) is 0 Å². The van der Waals surface area contributed by atoms with Crippen molar-refractivity contribution in [2.24, 2.45) is 13.0 Å². The standard InChI is InChI=1S/C21H32N4O.2ClH/c1-16(23(2)3)14-22-21(26)17-9-11-25(12-10-17)15-19-13-18-7-5-6-8-20(18)24(19)4;;/h5-8,13,16-17H,9-12,14-15H2,1-4H3,(H,22,26);2*1H. The molecule has 1 atom stereocenters. The molecule has 158 valence electrons. The van der Waals surface area contributed by atoms with Gasteiger partial charge in [-0.2, -0.15) is 0 Å². The minimum absolute atomic E-state index is 0. The predicted octanol–water partition coefficient (Wildman–Crippen LogP) is 3.30. The number of likely N-dealkylation sites (tertiary alicyclic amines) is 1. The Hall–Kier alpha value is -1.27. The highest BCUT2D eigenvalue weighted by Crippen LogP contribution is 2.23. The van der Waals surface area contributed by atoms with E-state index in [0.717, 1.165) is 39.0 Å². The average Bonchev–Trinajstić information content (AvgIpc) is 2.96. The Kier molecular flexibility index (Phi) is 9.78. The first-order valence-electron chi connectivity index (χ1n) is 9.65. The van der Waals surface area contributed by atoms with Crippen LogP contribution in [0.15, 0.2) is 30.3 Å². The molecule has 0 radical (unpaired) electrons.